The third-order valence-corrected chi connectivity index (χ3v) is 4.02. The van der Waals surface area contributed by atoms with E-state index in [0.29, 0.717) is 22.8 Å². The van der Waals surface area contributed by atoms with Crippen molar-refractivity contribution in [3.63, 3.8) is 0 Å². The van der Waals surface area contributed by atoms with Crippen molar-refractivity contribution in [3.8, 4) is 17.2 Å². The van der Waals surface area contributed by atoms with Gasteiger partial charge in [0.15, 0.2) is 19.4 Å². The van der Waals surface area contributed by atoms with Crippen molar-refractivity contribution >= 4 is 11.9 Å². The number of carbonyl (C=O) groups is 1. The molecule has 2 aromatic carbocycles. The zero-order valence-electron chi connectivity index (χ0n) is 16.7. The third-order valence-electron chi connectivity index (χ3n) is 4.02. The van der Waals surface area contributed by atoms with Crippen LogP contribution in [0.2, 0.25) is 0 Å². The lowest BCUT2D eigenvalue weighted by atomic mass is 10.0. The summed E-state index contributed by atoms with van der Waals surface area (Å²) in [6.07, 6.45) is 4.05. The quantitative estimate of drug-likeness (QED) is 0.329. The first kappa shape index (κ1) is 21.5. The van der Waals surface area contributed by atoms with E-state index in [-0.39, 0.29) is 19.4 Å². The third kappa shape index (κ3) is 5.84. The van der Waals surface area contributed by atoms with Gasteiger partial charge >= 0.3 is 0 Å². The van der Waals surface area contributed by atoms with Crippen molar-refractivity contribution in [2.45, 2.75) is 13.3 Å². The molecule has 0 saturated heterocycles. The summed E-state index contributed by atoms with van der Waals surface area (Å²) in [4.78, 5) is 12.5. The topological polar surface area (TPSA) is 63.2 Å². The molecule has 0 radical (unpaired) electrons. The highest BCUT2D eigenvalue weighted by Gasteiger charge is 2.10. The van der Waals surface area contributed by atoms with Crippen LogP contribution < -0.4 is 14.2 Å². The van der Waals surface area contributed by atoms with Gasteiger partial charge in [0.25, 0.3) is 0 Å². The van der Waals surface area contributed by atoms with Crippen LogP contribution in [0.3, 0.4) is 0 Å². The molecule has 0 aliphatic rings. The van der Waals surface area contributed by atoms with Crippen LogP contribution in [0, 0.1) is 0 Å². The highest BCUT2D eigenvalue weighted by Crippen LogP contribution is 2.31. The number of ether oxygens (including phenoxy) is 5. The fourth-order valence-electron chi connectivity index (χ4n) is 2.57. The van der Waals surface area contributed by atoms with Crippen molar-refractivity contribution in [2.75, 3.05) is 34.9 Å². The molecule has 28 heavy (non-hydrogen) atoms. The summed E-state index contributed by atoms with van der Waals surface area (Å²) >= 11 is 0. The highest BCUT2D eigenvalue weighted by atomic mass is 16.7. The van der Waals surface area contributed by atoms with Gasteiger partial charge in [0.05, 0.1) is 7.11 Å². The van der Waals surface area contributed by atoms with Crippen molar-refractivity contribution in [2.24, 2.45) is 0 Å². The van der Waals surface area contributed by atoms with Crippen molar-refractivity contribution < 1.29 is 28.5 Å². The second-order valence-corrected chi connectivity index (χ2v) is 5.88. The molecule has 6 heteroatoms. The van der Waals surface area contributed by atoms with Crippen molar-refractivity contribution in [3.05, 3.63) is 59.2 Å². The molecule has 0 bridgehead atoms. The first-order valence-electron chi connectivity index (χ1n) is 8.89. The van der Waals surface area contributed by atoms with Gasteiger partial charge in [-0.05, 0) is 54.5 Å². The Bertz CT molecular complexity index is 795. The Morgan fingerprint density at radius 1 is 0.929 bits per heavy atom. The summed E-state index contributed by atoms with van der Waals surface area (Å²) in [5, 5.41) is 0. The second-order valence-electron chi connectivity index (χ2n) is 5.88. The molecule has 150 valence electrons. The van der Waals surface area contributed by atoms with E-state index in [4.69, 9.17) is 23.7 Å². The molecule has 0 fully saturated rings. The van der Waals surface area contributed by atoms with Crippen LogP contribution in [0.4, 0.5) is 0 Å². The molecule has 6 nitrogen and oxygen atoms in total. The van der Waals surface area contributed by atoms with Crippen LogP contribution in [0.1, 0.15) is 28.4 Å². The van der Waals surface area contributed by atoms with E-state index >= 15 is 0 Å². The smallest absolute Gasteiger partial charge is 0.188 e. The van der Waals surface area contributed by atoms with Gasteiger partial charge in [0.1, 0.15) is 17.2 Å². The fraction of sp³-hybridized carbons (Fsp3) is 0.318. The number of methoxy groups -OCH3 is 3. The van der Waals surface area contributed by atoms with Crippen LogP contribution in [0.5, 0.6) is 17.2 Å². The molecular weight excluding hydrogens is 360 g/mol. The van der Waals surface area contributed by atoms with Gasteiger partial charge in [-0.2, -0.15) is 0 Å². The zero-order chi connectivity index (χ0) is 20.4. The molecule has 0 amide bonds. The summed E-state index contributed by atoms with van der Waals surface area (Å²) in [6, 6.07) is 10.7. The Labute approximate surface area is 165 Å². The molecule has 0 aromatic heterocycles. The largest absolute Gasteiger partial charge is 0.496 e. The first-order chi connectivity index (χ1) is 13.6. The number of rotatable bonds is 11. The van der Waals surface area contributed by atoms with Crippen molar-refractivity contribution in [1.29, 1.82) is 0 Å². The number of benzene rings is 2. The Morgan fingerprint density at radius 3 is 2.21 bits per heavy atom. The van der Waals surface area contributed by atoms with E-state index in [9.17, 15) is 4.79 Å². The summed E-state index contributed by atoms with van der Waals surface area (Å²) in [6.45, 7) is 2.36. The molecule has 0 heterocycles. The van der Waals surface area contributed by atoms with Crippen LogP contribution in [0.25, 0.3) is 6.08 Å². The molecule has 0 unspecified atom stereocenters. The number of ketones is 1. The highest BCUT2D eigenvalue weighted by molar-refractivity contribution is 6.07. The summed E-state index contributed by atoms with van der Waals surface area (Å²) in [5.74, 6) is 1.85. The maximum absolute atomic E-state index is 12.5. The van der Waals surface area contributed by atoms with Gasteiger partial charge < -0.3 is 23.7 Å². The normalized spacial score (nSPS) is 10.9. The van der Waals surface area contributed by atoms with Gasteiger partial charge in [-0.1, -0.05) is 6.92 Å². The van der Waals surface area contributed by atoms with Crippen LogP contribution >= 0.6 is 0 Å². The number of hydrogen-bond donors (Lipinski definition) is 0. The van der Waals surface area contributed by atoms with Crippen LogP contribution in [0.15, 0.2) is 42.5 Å². The minimum Gasteiger partial charge on any atom is -0.496 e. The molecule has 0 saturated carbocycles. The van der Waals surface area contributed by atoms with Gasteiger partial charge in [-0.3, -0.25) is 4.79 Å². The number of hydrogen-bond acceptors (Lipinski definition) is 6. The van der Waals surface area contributed by atoms with Gasteiger partial charge in [-0.25, -0.2) is 0 Å². The van der Waals surface area contributed by atoms with Crippen molar-refractivity contribution in [1.82, 2.24) is 0 Å². The number of carbonyl (C=O) groups excluding carboxylic acids is 1. The van der Waals surface area contributed by atoms with Gasteiger partial charge in [0, 0.05) is 31.4 Å². The van der Waals surface area contributed by atoms with Crippen LogP contribution in [-0.2, 0) is 15.9 Å². The first-order valence-corrected chi connectivity index (χ1v) is 8.89. The molecule has 2 rings (SSSR count). The maximum atomic E-state index is 12.5. The standard InChI is InChI=1S/C22H26O6/c1-5-16-12-18(21(26-4)13-22(16)28-15-25-3)8-11-20(23)17-6-9-19(10-7-17)27-14-24-2/h6-13H,5,14-15H2,1-4H3/b11-8+. The molecule has 0 atom stereocenters. The average Bonchev–Trinajstić information content (AvgIpc) is 2.74. The Kier molecular flexibility index (Phi) is 8.52. The number of aryl methyl sites for hydroxylation is 1. The Morgan fingerprint density at radius 2 is 1.61 bits per heavy atom. The lowest BCUT2D eigenvalue weighted by Gasteiger charge is -2.13. The van der Waals surface area contributed by atoms with Gasteiger partial charge in [0.2, 0.25) is 0 Å². The lowest BCUT2D eigenvalue weighted by molar-refractivity contribution is 0.0503. The van der Waals surface area contributed by atoms with Crippen LogP contribution in [-0.4, -0.2) is 40.7 Å². The maximum Gasteiger partial charge on any atom is 0.188 e. The van der Waals surface area contributed by atoms with E-state index in [0.717, 1.165) is 17.5 Å². The lowest BCUT2D eigenvalue weighted by Crippen LogP contribution is -2.03. The number of allylic oxidation sites excluding steroid dienone is 1. The summed E-state index contributed by atoms with van der Waals surface area (Å²) < 4.78 is 26.2. The SMILES string of the molecule is CCc1cc(/C=C/C(=O)c2ccc(OCOC)cc2)c(OC)cc1OCOC. The molecule has 0 aliphatic heterocycles. The fourth-order valence-corrected chi connectivity index (χ4v) is 2.57. The van der Waals surface area contributed by atoms with E-state index in [1.165, 1.54) is 6.08 Å². The molecule has 0 aliphatic carbocycles. The Balaban J connectivity index is 2.18. The predicted molar refractivity (Wildman–Crippen MR) is 107 cm³/mol. The van der Waals surface area contributed by atoms with Gasteiger partial charge in [-0.15, -0.1) is 0 Å². The minimum absolute atomic E-state index is 0.113. The van der Waals surface area contributed by atoms with E-state index in [1.807, 2.05) is 19.1 Å². The molecule has 0 spiro atoms. The molecule has 0 N–H and O–H groups in total. The van der Waals surface area contributed by atoms with E-state index in [2.05, 4.69) is 0 Å². The average molecular weight is 386 g/mol. The van der Waals surface area contributed by atoms with E-state index < -0.39 is 0 Å². The summed E-state index contributed by atoms with van der Waals surface area (Å²) in [5.41, 5.74) is 2.37. The van der Waals surface area contributed by atoms with E-state index in [1.54, 1.807) is 51.7 Å². The zero-order valence-corrected chi connectivity index (χ0v) is 16.7. The Hall–Kier alpha value is -2.83. The molecular formula is C22H26O6. The monoisotopic (exact) mass is 386 g/mol. The second kappa shape index (κ2) is 11.1. The summed E-state index contributed by atoms with van der Waals surface area (Å²) in [7, 11) is 4.71. The predicted octanol–water partition coefficient (Wildman–Crippen LogP) is 4.12. The minimum atomic E-state index is -0.113. The molecule has 2 aromatic rings.